The lowest BCUT2D eigenvalue weighted by Crippen LogP contribution is -2.23. The fraction of sp³-hybridized carbons (Fsp3) is 0.333. The Morgan fingerprint density at radius 2 is 0.750 bits per heavy atom. The van der Waals surface area contributed by atoms with Crippen molar-refractivity contribution in [1.82, 2.24) is 10.6 Å². The van der Waals surface area contributed by atoms with Crippen LogP contribution in [-0.2, 0) is 0 Å². The zero-order valence-corrected chi connectivity index (χ0v) is 31.0. The van der Waals surface area contributed by atoms with Gasteiger partial charge in [-0.1, -0.05) is 70.8 Å². The fourth-order valence-electron chi connectivity index (χ4n) is 9.09. The Hall–Kier alpha value is -4.18. The highest BCUT2D eigenvalue weighted by Crippen LogP contribution is 2.48. The highest BCUT2D eigenvalue weighted by molar-refractivity contribution is 5.84. The zero-order valence-electron chi connectivity index (χ0n) is 31.0. The van der Waals surface area contributed by atoms with Gasteiger partial charge in [-0.25, -0.2) is 0 Å². The van der Waals surface area contributed by atoms with Crippen molar-refractivity contribution in [1.29, 1.82) is 0 Å². The van der Waals surface area contributed by atoms with Gasteiger partial charge in [0.05, 0.1) is 18.2 Å². The summed E-state index contributed by atoms with van der Waals surface area (Å²) in [6.45, 7) is 26.3. The van der Waals surface area contributed by atoms with E-state index < -0.39 is 0 Å². The fourth-order valence-corrected chi connectivity index (χ4v) is 9.09. The summed E-state index contributed by atoms with van der Waals surface area (Å²) in [4.78, 5) is 0. The molecule has 0 amide bonds. The van der Waals surface area contributed by atoms with Crippen LogP contribution in [0.3, 0.4) is 0 Å². The standard InChI is InChI=1S/C45H52N2O/c1-23-13-27(5)38(28(6)14-23)35-21-36(39-29(7)15-24(2)16-30(39)8)44(48)37(22-35)45-46-42(40-31(9)17-25(3)18-32(40)10)43(47-45)41-33(11)19-26(4)20-34(41)12/h13-22,42-43,45-48H,1-12H3. The number of phenols is 1. The Morgan fingerprint density at radius 3 is 1.12 bits per heavy atom. The smallest absolute Gasteiger partial charge is 0.129 e. The number of aromatic hydroxyl groups is 1. The molecule has 1 aliphatic rings. The van der Waals surface area contributed by atoms with E-state index in [0.29, 0.717) is 5.75 Å². The second kappa shape index (κ2) is 12.7. The number of benzene rings is 5. The third kappa shape index (κ3) is 5.99. The van der Waals surface area contributed by atoms with Crippen molar-refractivity contribution in [2.45, 2.75) is 101 Å². The van der Waals surface area contributed by atoms with Gasteiger partial charge in [-0.2, -0.15) is 0 Å². The molecule has 0 radical (unpaired) electrons. The van der Waals surface area contributed by atoms with Gasteiger partial charge in [0.15, 0.2) is 0 Å². The van der Waals surface area contributed by atoms with Crippen LogP contribution in [0.15, 0.2) is 60.7 Å². The number of phenolic OH excluding ortho intramolecular Hbond substituents is 1. The van der Waals surface area contributed by atoms with Crippen LogP contribution in [0, 0.1) is 83.1 Å². The third-order valence-corrected chi connectivity index (χ3v) is 10.5. The van der Waals surface area contributed by atoms with Gasteiger partial charge in [0, 0.05) is 11.1 Å². The molecule has 3 N–H and O–H groups in total. The molecular weight excluding hydrogens is 585 g/mol. The van der Waals surface area contributed by atoms with Gasteiger partial charge >= 0.3 is 0 Å². The van der Waals surface area contributed by atoms with E-state index in [1.165, 1.54) is 83.5 Å². The maximum Gasteiger partial charge on any atom is 0.129 e. The predicted octanol–water partition coefficient (Wildman–Crippen LogP) is 11.1. The molecule has 5 aromatic rings. The van der Waals surface area contributed by atoms with Crippen LogP contribution in [0.5, 0.6) is 5.75 Å². The highest BCUT2D eigenvalue weighted by Gasteiger charge is 2.40. The van der Waals surface area contributed by atoms with Crippen LogP contribution < -0.4 is 10.6 Å². The second-order valence-electron chi connectivity index (χ2n) is 14.9. The molecule has 1 heterocycles. The van der Waals surface area contributed by atoms with E-state index in [4.69, 9.17) is 0 Å². The van der Waals surface area contributed by atoms with Crippen molar-refractivity contribution in [2.24, 2.45) is 0 Å². The lowest BCUT2D eigenvalue weighted by atomic mass is 9.85. The Morgan fingerprint density at radius 1 is 0.417 bits per heavy atom. The number of nitrogens with one attached hydrogen (secondary N) is 2. The van der Waals surface area contributed by atoms with Crippen molar-refractivity contribution in [3.8, 4) is 28.0 Å². The quantitative estimate of drug-likeness (QED) is 0.180. The van der Waals surface area contributed by atoms with E-state index >= 15 is 0 Å². The molecule has 0 spiro atoms. The molecule has 0 saturated carbocycles. The second-order valence-corrected chi connectivity index (χ2v) is 14.9. The Labute approximate surface area is 288 Å². The molecule has 3 nitrogen and oxygen atoms in total. The lowest BCUT2D eigenvalue weighted by molar-refractivity contribution is 0.448. The molecule has 0 aliphatic carbocycles. The molecule has 1 saturated heterocycles. The number of hydrogen-bond donors (Lipinski definition) is 3. The van der Waals surface area contributed by atoms with Crippen molar-refractivity contribution < 1.29 is 5.11 Å². The minimum Gasteiger partial charge on any atom is -0.507 e. The summed E-state index contributed by atoms with van der Waals surface area (Å²) in [5.41, 5.74) is 22.9. The zero-order chi connectivity index (χ0) is 34.8. The van der Waals surface area contributed by atoms with E-state index in [1.54, 1.807) is 0 Å². The summed E-state index contributed by atoms with van der Waals surface area (Å²) >= 11 is 0. The van der Waals surface area contributed by atoms with Gasteiger partial charge in [-0.15, -0.1) is 0 Å². The first-order valence-corrected chi connectivity index (χ1v) is 17.4. The van der Waals surface area contributed by atoms with E-state index in [9.17, 15) is 5.11 Å². The third-order valence-electron chi connectivity index (χ3n) is 10.5. The minimum atomic E-state index is -0.281. The lowest BCUT2D eigenvalue weighted by Gasteiger charge is -2.26. The number of aryl methyl sites for hydroxylation is 12. The predicted molar refractivity (Wildman–Crippen MR) is 203 cm³/mol. The maximum absolute atomic E-state index is 12.4. The van der Waals surface area contributed by atoms with Gasteiger partial charge in [-0.05, 0) is 168 Å². The van der Waals surface area contributed by atoms with E-state index in [1.807, 2.05) is 0 Å². The molecule has 2 unspecified atom stereocenters. The van der Waals surface area contributed by atoms with Gasteiger partial charge in [0.25, 0.3) is 0 Å². The SMILES string of the molecule is Cc1cc(C)c(-c2cc(-c3c(C)cc(C)cc3C)c(O)c(C3NC(c4c(C)cc(C)cc4C)C(c4c(C)cc(C)cc4C)N3)c2)c(C)c1. The van der Waals surface area contributed by atoms with Crippen molar-refractivity contribution >= 4 is 0 Å². The Kier molecular flexibility index (Phi) is 8.91. The average molecular weight is 637 g/mol. The Bertz CT molecular complexity index is 1930. The molecule has 0 aromatic heterocycles. The number of rotatable bonds is 5. The normalized spacial score (nSPS) is 17.7. The summed E-state index contributed by atoms with van der Waals surface area (Å²) in [6, 6.07) is 22.6. The van der Waals surface area contributed by atoms with Crippen LogP contribution in [0.1, 0.15) is 102 Å². The molecular formula is C45H52N2O. The van der Waals surface area contributed by atoms with Crippen molar-refractivity contribution in [3.63, 3.8) is 0 Å². The minimum absolute atomic E-state index is 0.00732. The first kappa shape index (κ1) is 33.7. The van der Waals surface area contributed by atoms with Gasteiger partial charge in [0.2, 0.25) is 0 Å². The molecule has 48 heavy (non-hydrogen) atoms. The maximum atomic E-state index is 12.4. The summed E-state index contributed by atoms with van der Waals surface area (Å²) < 4.78 is 0. The van der Waals surface area contributed by atoms with Crippen LogP contribution >= 0.6 is 0 Å². The molecule has 2 atom stereocenters. The molecule has 0 bridgehead atoms. The van der Waals surface area contributed by atoms with Crippen LogP contribution in [0.4, 0.5) is 0 Å². The largest absolute Gasteiger partial charge is 0.507 e. The highest BCUT2D eigenvalue weighted by atomic mass is 16.3. The molecule has 1 fully saturated rings. The van der Waals surface area contributed by atoms with Crippen LogP contribution in [-0.4, -0.2) is 5.11 Å². The van der Waals surface area contributed by atoms with Gasteiger partial charge < -0.3 is 5.11 Å². The Balaban J connectivity index is 1.61. The summed E-state index contributed by atoms with van der Waals surface area (Å²) in [7, 11) is 0. The number of hydrogen-bond acceptors (Lipinski definition) is 3. The van der Waals surface area contributed by atoms with Crippen LogP contribution in [0.25, 0.3) is 22.3 Å². The van der Waals surface area contributed by atoms with E-state index in [-0.39, 0.29) is 18.2 Å². The van der Waals surface area contributed by atoms with Crippen LogP contribution in [0.2, 0.25) is 0 Å². The van der Waals surface area contributed by atoms with Crippen molar-refractivity contribution in [2.75, 3.05) is 0 Å². The molecule has 6 rings (SSSR count). The molecule has 248 valence electrons. The first-order chi connectivity index (χ1) is 22.6. The summed E-state index contributed by atoms with van der Waals surface area (Å²) in [5.74, 6) is 0.329. The van der Waals surface area contributed by atoms with E-state index in [0.717, 1.165) is 22.3 Å². The summed E-state index contributed by atoms with van der Waals surface area (Å²) in [6.07, 6.45) is -0.281. The molecule has 1 aliphatic heterocycles. The topological polar surface area (TPSA) is 44.3 Å². The monoisotopic (exact) mass is 636 g/mol. The molecule has 3 heteroatoms. The van der Waals surface area contributed by atoms with Gasteiger partial charge in [0.1, 0.15) is 5.75 Å². The summed E-state index contributed by atoms with van der Waals surface area (Å²) in [5, 5.41) is 20.5. The van der Waals surface area contributed by atoms with Gasteiger partial charge in [-0.3, -0.25) is 10.6 Å². The molecule has 5 aromatic carbocycles. The first-order valence-electron chi connectivity index (χ1n) is 17.4. The average Bonchev–Trinajstić information content (AvgIpc) is 3.36. The van der Waals surface area contributed by atoms with E-state index in [2.05, 4.69) is 154 Å². The van der Waals surface area contributed by atoms with Crippen molar-refractivity contribution in [3.05, 3.63) is 144 Å².